The van der Waals surface area contributed by atoms with Gasteiger partial charge in [0.25, 0.3) is 0 Å². The van der Waals surface area contributed by atoms with E-state index < -0.39 is 5.97 Å². The first-order valence-corrected chi connectivity index (χ1v) is 5.06. The van der Waals surface area contributed by atoms with Crippen LogP contribution in [0.5, 0.6) is 0 Å². The maximum atomic E-state index is 10.6. The van der Waals surface area contributed by atoms with Crippen molar-refractivity contribution in [2.24, 2.45) is 0 Å². The number of nitrogens with zero attached hydrogens (tertiary/aromatic N) is 1. The van der Waals surface area contributed by atoms with Gasteiger partial charge in [-0.15, -0.1) is 0 Å². The molecule has 1 unspecified atom stereocenters. The Morgan fingerprint density at radius 2 is 2.13 bits per heavy atom. The molecule has 0 heterocycles. The molecule has 0 saturated carbocycles. The molecular weight excluding hydrogens is 214 g/mol. The zero-order valence-electron chi connectivity index (χ0n) is 8.77. The lowest BCUT2D eigenvalue weighted by Gasteiger charge is -2.23. The molecule has 3 nitrogen and oxygen atoms in total. The molecule has 0 aliphatic rings. The van der Waals surface area contributed by atoms with E-state index in [1.54, 1.807) is 11.9 Å². The number of carbonyl (C=O) groups is 1. The molecule has 0 saturated heterocycles. The molecule has 0 spiro atoms. The van der Waals surface area contributed by atoms with E-state index in [1.807, 2.05) is 31.2 Å². The van der Waals surface area contributed by atoms with E-state index in [0.717, 1.165) is 5.56 Å². The molecule has 15 heavy (non-hydrogen) atoms. The SMILES string of the molecule is CC(c1ccccc1Cl)N(C)CC(=O)O. The summed E-state index contributed by atoms with van der Waals surface area (Å²) in [7, 11) is 1.77. The minimum Gasteiger partial charge on any atom is -0.480 e. The molecule has 4 heteroatoms. The Hall–Kier alpha value is -1.06. The summed E-state index contributed by atoms with van der Waals surface area (Å²) in [6, 6.07) is 7.46. The lowest BCUT2D eigenvalue weighted by Crippen LogP contribution is -2.28. The van der Waals surface area contributed by atoms with E-state index in [1.165, 1.54) is 0 Å². The zero-order valence-corrected chi connectivity index (χ0v) is 9.53. The van der Waals surface area contributed by atoms with Crippen molar-refractivity contribution in [1.82, 2.24) is 4.90 Å². The number of likely N-dealkylation sites (N-methyl/N-ethyl adjacent to an activating group) is 1. The molecule has 0 aromatic heterocycles. The standard InChI is InChI=1S/C11H14ClNO2/c1-8(13(2)7-11(14)15)9-5-3-4-6-10(9)12/h3-6,8H,7H2,1-2H3,(H,14,15). The molecule has 0 bridgehead atoms. The predicted molar refractivity (Wildman–Crippen MR) is 60.1 cm³/mol. The summed E-state index contributed by atoms with van der Waals surface area (Å²) in [4.78, 5) is 12.3. The first kappa shape index (κ1) is 12.0. The van der Waals surface area contributed by atoms with Gasteiger partial charge in [-0.1, -0.05) is 29.8 Å². The number of hydrogen-bond donors (Lipinski definition) is 1. The van der Waals surface area contributed by atoms with Crippen molar-refractivity contribution in [2.45, 2.75) is 13.0 Å². The van der Waals surface area contributed by atoms with Crippen LogP contribution in [0.3, 0.4) is 0 Å². The summed E-state index contributed by atoms with van der Waals surface area (Å²) in [6.45, 7) is 1.94. The van der Waals surface area contributed by atoms with Gasteiger partial charge in [0.1, 0.15) is 0 Å². The third-order valence-corrected chi connectivity index (χ3v) is 2.75. The van der Waals surface area contributed by atoms with Crippen molar-refractivity contribution in [3.63, 3.8) is 0 Å². The molecule has 1 aromatic rings. The van der Waals surface area contributed by atoms with Gasteiger partial charge < -0.3 is 5.11 Å². The highest BCUT2D eigenvalue weighted by Gasteiger charge is 2.15. The van der Waals surface area contributed by atoms with E-state index in [4.69, 9.17) is 16.7 Å². The van der Waals surface area contributed by atoms with Crippen molar-refractivity contribution < 1.29 is 9.90 Å². The van der Waals surface area contributed by atoms with Crippen LogP contribution < -0.4 is 0 Å². The molecule has 1 aromatic carbocycles. The second kappa shape index (κ2) is 5.14. The fraction of sp³-hybridized carbons (Fsp3) is 0.364. The Bertz CT molecular complexity index is 354. The summed E-state index contributed by atoms with van der Waals surface area (Å²) in [5.74, 6) is -0.837. The van der Waals surface area contributed by atoms with E-state index in [9.17, 15) is 4.79 Å². The molecule has 1 atom stereocenters. The average molecular weight is 228 g/mol. The van der Waals surface area contributed by atoms with Gasteiger partial charge in [-0.2, -0.15) is 0 Å². The third kappa shape index (κ3) is 3.22. The number of carboxylic acids is 1. The van der Waals surface area contributed by atoms with Gasteiger partial charge in [-0.3, -0.25) is 9.69 Å². The van der Waals surface area contributed by atoms with Crippen molar-refractivity contribution in [2.75, 3.05) is 13.6 Å². The highest BCUT2D eigenvalue weighted by Crippen LogP contribution is 2.25. The Balaban J connectivity index is 2.80. The van der Waals surface area contributed by atoms with Crippen LogP contribution in [0.25, 0.3) is 0 Å². The number of carboxylic acid groups (broad SMARTS) is 1. The molecule has 1 rings (SSSR count). The fourth-order valence-corrected chi connectivity index (χ4v) is 1.70. The molecular formula is C11H14ClNO2. The predicted octanol–water partition coefficient (Wildman–Crippen LogP) is 2.42. The highest BCUT2D eigenvalue weighted by molar-refractivity contribution is 6.31. The maximum absolute atomic E-state index is 10.6. The van der Waals surface area contributed by atoms with E-state index in [-0.39, 0.29) is 12.6 Å². The molecule has 0 aliphatic carbocycles. The van der Waals surface area contributed by atoms with Crippen LogP contribution in [-0.4, -0.2) is 29.6 Å². The van der Waals surface area contributed by atoms with Crippen LogP contribution in [0.4, 0.5) is 0 Å². The third-order valence-electron chi connectivity index (χ3n) is 2.40. The van der Waals surface area contributed by atoms with Gasteiger partial charge >= 0.3 is 5.97 Å². The number of hydrogen-bond acceptors (Lipinski definition) is 2. The lowest BCUT2D eigenvalue weighted by molar-refractivity contribution is -0.138. The van der Waals surface area contributed by atoms with Gasteiger partial charge in [0.2, 0.25) is 0 Å². The van der Waals surface area contributed by atoms with Gasteiger partial charge in [0.05, 0.1) is 6.54 Å². The van der Waals surface area contributed by atoms with Crippen molar-refractivity contribution in [1.29, 1.82) is 0 Å². The summed E-state index contributed by atoms with van der Waals surface area (Å²) < 4.78 is 0. The van der Waals surface area contributed by atoms with Crippen LogP contribution in [0.1, 0.15) is 18.5 Å². The molecule has 0 aliphatic heterocycles. The largest absolute Gasteiger partial charge is 0.480 e. The van der Waals surface area contributed by atoms with Crippen LogP contribution in [0.15, 0.2) is 24.3 Å². The second-order valence-corrected chi connectivity index (χ2v) is 3.91. The van der Waals surface area contributed by atoms with Crippen LogP contribution in [0, 0.1) is 0 Å². The van der Waals surface area contributed by atoms with Crippen molar-refractivity contribution in [3.8, 4) is 0 Å². The first-order chi connectivity index (χ1) is 7.02. The normalized spacial score (nSPS) is 12.8. The molecule has 1 N–H and O–H groups in total. The summed E-state index contributed by atoms with van der Waals surface area (Å²) in [5, 5.41) is 9.34. The number of halogens is 1. The minimum absolute atomic E-state index is 0.00481. The average Bonchev–Trinajstić information content (AvgIpc) is 2.16. The van der Waals surface area contributed by atoms with Gasteiger partial charge in [0.15, 0.2) is 0 Å². The lowest BCUT2D eigenvalue weighted by atomic mass is 10.1. The number of benzene rings is 1. The molecule has 82 valence electrons. The summed E-state index contributed by atoms with van der Waals surface area (Å²) in [6.07, 6.45) is 0. The monoisotopic (exact) mass is 227 g/mol. The topological polar surface area (TPSA) is 40.5 Å². The van der Waals surface area contributed by atoms with Crippen molar-refractivity contribution in [3.05, 3.63) is 34.9 Å². The molecule has 0 fully saturated rings. The summed E-state index contributed by atoms with van der Waals surface area (Å²) >= 11 is 6.03. The summed E-state index contributed by atoms with van der Waals surface area (Å²) in [5.41, 5.74) is 0.947. The number of aliphatic carboxylic acids is 1. The van der Waals surface area contributed by atoms with Crippen LogP contribution in [0.2, 0.25) is 5.02 Å². The van der Waals surface area contributed by atoms with Gasteiger partial charge in [0, 0.05) is 11.1 Å². The maximum Gasteiger partial charge on any atom is 0.317 e. The fourth-order valence-electron chi connectivity index (χ4n) is 1.40. The first-order valence-electron chi connectivity index (χ1n) is 4.69. The second-order valence-electron chi connectivity index (χ2n) is 3.51. The zero-order chi connectivity index (χ0) is 11.4. The van der Waals surface area contributed by atoms with Gasteiger partial charge in [-0.05, 0) is 25.6 Å². The minimum atomic E-state index is -0.837. The molecule has 0 radical (unpaired) electrons. The Morgan fingerprint density at radius 3 is 2.67 bits per heavy atom. The Morgan fingerprint density at radius 1 is 1.53 bits per heavy atom. The van der Waals surface area contributed by atoms with Gasteiger partial charge in [-0.25, -0.2) is 0 Å². The van der Waals surface area contributed by atoms with Crippen LogP contribution >= 0.6 is 11.6 Å². The highest BCUT2D eigenvalue weighted by atomic mass is 35.5. The molecule has 0 amide bonds. The smallest absolute Gasteiger partial charge is 0.317 e. The van der Waals surface area contributed by atoms with Crippen molar-refractivity contribution >= 4 is 17.6 Å². The van der Waals surface area contributed by atoms with E-state index >= 15 is 0 Å². The van der Waals surface area contributed by atoms with Crippen LogP contribution in [-0.2, 0) is 4.79 Å². The van der Waals surface area contributed by atoms with E-state index in [0.29, 0.717) is 5.02 Å². The Labute approximate surface area is 94.3 Å². The quantitative estimate of drug-likeness (QED) is 0.859. The Kier molecular flexibility index (Phi) is 4.12. The number of rotatable bonds is 4. The van der Waals surface area contributed by atoms with E-state index in [2.05, 4.69) is 0 Å².